The van der Waals surface area contributed by atoms with Gasteiger partial charge in [-0.05, 0) is 19.1 Å². The van der Waals surface area contributed by atoms with Crippen molar-refractivity contribution in [3.8, 4) is 0 Å². The zero-order valence-electron chi connectivity index (χ0n) is 8.31. The number of anilines is 1. The first-order valence-electron chi connectivity index (χ1n) is 4.76. The van der Waals surface area contributed by atoms with Crippen LogP contribution in [0.25, 0.3) is 0 Å². The van der Waals surface area contributed by atoms with Gasteiger partial charge >= 0.3 is 0 Å². The fraction of sp³-hybridized carbons (Fsp3) is 0.500. The Balaban J connectivity index is 0.000000980. The molecule has 78 valence electrons. The molecule has 0 radical (unpaired) electrons. The highest BCUT2D eigenvalue weighted by molar-refractivity contribution is 5.85. The minimum Gasteiger partial charge on any atom is -0.351 e. The fourth-order valence-electron chi connectivity index (χ4n) is 1.71. The summed E-state index contributed by atoms with van der Waals surface area (Å²) in [4.78, 5) is 6.69. The second-order valence-electron chi connectivity index (χ2n) is 3.43. The fourth-order valence-corrected chi connectivity index (χ4v) is 1.71. The maximum absolute atomic E-state index is 4.35. The number of hydrogen-bond donors (Lipinski definition) is 1. The topological polar surface area (TPSA) is 28.2 Å². The van der Waals surface area contributed by atoms with Gasteiger partial charge in [-0.25, -0.2) is 4.98 Å². The first kappa shape index (κ1) is 11.3. The smallest absolute Gasteiger partial charge is 0.128 e. The average Bonchev–Trinajstić information content (AvgIpc) is 2.20. The van der Waals surface area contributed by atoms with Gasteiger partial charge in [0.05, 0.1) is 0 Å². The molecular weight excluding hydrogens is 198 g/mol. The van der Waals surface area contributed by atoms with E-state index < -0.39 is 0 Å². The van der Waals surface area contributed by atoms with Gasteiger partial charge in [-0.2, -0.15) is 0 Å². The van der Waals surface area contributed by atoms with Crippen LogP contribution in [0.15, 0.2) is 24.4 Å². The van der Waals surface area contributed by atoms with Gasteiger partial charge in [0.2, 0.25) is 0 Å². The Hall–Kier alpha value is -0.800. The van der Waals surface area contributed by atoms with Crippen LogP contribution in [0.2, 0.25) is 0 Å². The van der Waals surface area contributed by atoms with Crippen LogP contribution in [0.4, 0.5) is 5.82 Å². The second-order valence-corrected chi connectivity index (χ2v) is 3.43. The molecule has 1 aromatic heterocycles. The highest BCUT2D eigenvalue weighted by Crippen LogP contribution is 2.13. The Bertz CT molecular complexity index is 265. The van der Waals surface area contributed by atoms with E-state index in [1.807, 2.05) is 18.3 Å². The summed E-state index contributed by atoms with van der Waals surface area (Å²) in [6, 6.07) is 6.61. The molecule has 1 aromatic rings. The molecule has 4 heteroatoms. The van der Waals surface area contributed by atoms with Gasteiger partial charge in [0.1, 0.15) is 5.82 Å². The first-order chi connectivity index (χ1) is 6.38. The first-order valence-corrected chi connectivity index (χ1v) is 4.76. The number of nitrogens with one attached hydrogen (secondary N) is 1. The lowest BCUT2D eigenvalue weighted by atomic mass is 10.2. The zero-order valence-corrected chi connectivity index (χ0v) is 9.13. The van der Waals surface area contributed by atoms with E-state index in [1.54, 1.807) is 0 Å². The van der Waals surface area contributed by atoms with Crippen molar-refractivity contribution in [1.82, 2.24) is 10.3 Å². The molecule has 3 nitrogen and oxygen atoms in total. The van der Waals surface area contributed by atoms with E-state index in [-0.39, 0.29) is 12.4 Å². The summed E-state index contributed by atoms with van der Waals surface area (Å²) in [5.74, 6) is 1.09. The van der Waals surface area contributed by atoms with Crippen molar-refractivity contribution in [3.05, 3.63) is 24.4 Å². The van der Waals surface area contributed by atoms with Gasteiger partial charge in [0, 0.05) is 31.9 Å². The summed E-state index contributed by atoms with van der Waals surface area (Å²) in [5, 5.41) is 3.36. The van der Waals surface area contributed by atoms with Gasteiger partial charge < -0.3 is 10.2 Å². The molecule has 0 unspecified atom stereocenters. The quantitative estimate of drug-likeness (QED) is 0.763. The van der Waals surface area contributed by atoms with Gasteiger partial charge in [0.15, 0.2) is 0 Å². The number of halogens is 1. The van der Waals surface area contributed by atoms with Gasteiger partial charge in [-0.3, -0.25) is 0 Å². The van der Waals surface area contributed by atoms with Crippen molar-refractivity contribution in [2.24, 2.45) is 0 Å². The normalized spacial score (nSPS) is 21.5. The van der Waals surface area contributed by atoms with Crippen molar-refractivity contribution in [2.75, 3.05) is 24.5 Å². The predicted octanol–water partition coefficient (Wildman–Crippen LogP) is 1.30. The third-order valence-electron chi connectivity index (χ3n) is 2.44. The van der Waals surface area contributed by atoms with Gasteiger partial charge in [0.25, 0.3) is 0 Å². The molecule has 2 heterocycles. The molecule has 0 aromatic carbocycles. The maximum atomic E-state index is 4.35. The number of rotatable bonds is 1. The molecule has 1 aliphatic heterocycles. The van der Waals surface area contributed by atoms with E-state index in [4.69, 9.17) is 0 Å². The summed E-state index contributed by atoms with van der Waals surface area (Å²) < 4.78 is 0. The minimum atomic E-state index is 0. The molecule has 1 fully saturated rings. The van der Waals surface area contributed by atoms with E-state index in [9.17, 15) is 0 Å². The summed E-state index contributed by atoms with van der Waals surface area (Å²) in [6.07, 6.45) is 1.85. The predicted molar refractivity (Wildman–Crippen MR) is 61.2 cm³/mol. The van der Waals surface area contributed by atoms with Crippen molar-refractivity contribution < 1.29 is 0 Å². The van der Waals surface area contributed by atoms with Crippen LogP contribution in [0.3, 0.4) is 0 Å². The third-order valence-corrected chi connectivity index (χ3v) is 2.44. The number of nitrogens with zero attached hydrogens (tertiary/aromatic N) is 2. The largest absolute Gasteiger partial charge is 0.351 e. The lowest BCUT2D eigenvalue weighted by molar-refractivity contribution is 0.497. The van der Waals surface area contributed by atoms with E-state index in [1.165, 1.54) is 0 Å². The Morgan fingerprint density at radius 1 is 1.50 bits per heavy atom. The van der Waals surface area contributed by atoms with E-state index in [2.05, 4.69) is 28.2 Å². The van der Waals surface area contributed by atoms with Crippen LogP contribution >= 0.6 is 12.4 Å². The van der Waals surface area contributed by atoms with Crippen LogP contribution in [0.5, 0.6) is 0 Å². The van der Waals surface area contributed by atoms with Crippen molar-refractivity contribution >= 4 is 18.2 Å². The van der Waals surface area contributed by atoms with Crippen LogP contribution in [-0.4, -0.2) is 30.7 Å². The molecule has 0 amide bonds. The highest BCUT2D eigenvalue weighted by atomic mass is 35.5. The lowest BCUT2D eigenvalue weighted by Crippen LogP contribution is -2.50. The Kier molecular flexibility index (Phi) is 4.17. The zero-order chi connectivity index (χ0) is 9.10. The van der Waals surface area contributed by atoms with Gasteiger partial charge in [-0.15, -0.1) is 12.4 Å². The van der Waals surface area contributed by atoms with E-state index in [0.717, 1.165) is 25.5 Å². The summed E-state index contributed by atoms with van der Waals surface area (Å²) in [6.45, 7) is 5.39. The molecular formula is C10H16ClN3. The Labute approximate surface area is 90.9 Å². The standard InChI is InChI=1S/C10H15N3.ClH/c1-9-8-11-6-7-13(9)10-4-2-3-5-12-10;/h2-5,9,11H,6-8H2,1H3;1H/t9-;/m1./s1. The molecule has 0 saturated carbocycles. The number of aromatic nitrogens is 1. The second kappa shape index (κ2) is 5.17. The number of hydrogen-bond acceptors (Lipinski definition) is 3. The highest BCUT2D eigenvalue weighted by Gasteiger charge is 2.18. The molecule has 0 aliphatic carbocycles. The minimum absolute atomic E-state index is 0. The van der Waals surface area contributed by atoms with Gasteiger partial charge in [-0.1, -0.05) is 6.07 Å². The maximum Gasteiger partial charge on any atom is 0.128 e. The van der Waals surface area contributed by atoms with Crippen LogP contribution in [0, 0.1) is 0 Å². The summed E-state index contributed by atoms with van der Waals surface area (Å²) in [7, 11) is 0. The average molecular weight is 214 g/mol. The molecule has 0 spiro atoms. The van der Waals surface area contributed by atoms with Crippen LogP contribution in [-0.2, 0) is 0 Å². The van der Waals surface area contributed by atoms with E-state index in [0.29, 0.717) is 6.04 Å². The monoisotopic (exact) mass is 213 g/mol. The molecule has 1 saturated heterocycles. The molecule has 1 aliphatic rings. The van der Waals surface area contributed by atoms with Crippen LogP contribution in [0.1, 0.15) is 6.92 Å². The Morgan fingerprint density at radius 3 is 3.00 bits per heavy atom. The number of piperazine rings is 1. The number of pyridine rings is 1. The SMILES string of the molecule is C[C@@H]1CNCCN1c1ccccn1.Cl. The molecule has 1 atom stereocenters. The third kappa shape index (κ3) is 2.36. The molecule has 0 bridgehead atoms. The molecule has 14 heavy (non-hydrogen) atoms. The summed E-state index contributed by atoms with van der Waals surface area (Å²) in [5.41, 5.74) is 0. The summed E-state index contributed by atoms with van der Waals surface area (Å²) >= 11 is 0. The lowest BCUT2D eigenvalue weighted by Gasteiger charge is -2.34. The molecule has 1 N–H and O–H groups in total. The van der Waals surface area contributed by atoms with Crippen LogP contribution < -0.4 is 10.2 Å². The Morgan fingerprint density at radius 2 is 2.36 bits per heavy atom. The van der Waals surface area contributed by atoms with Crippen molar-refractivity contribution in [1.29, 1.82) is 0 Å². The van der Waals surface area contributed by atoms with Crippen molar-refractivity contribution in [3.63, 3.8) is 0 Å². The van der Waals surface area contributed by atoms with Crippen molar-refractivity contribution in [2.45, 2.75) is 13.0 Å². The van der Waals surface area contributed by atoms with E-state index >= 15 is 0 Å². The molecule has 2 rings (SSSR count).